The van der Waals surface area contributed by atoms with Crippen molar-refractivity contribution in [3.63, 3.8) is 0 Å². The van der Waals surface area contributed by atoms with Crippen molar-refractivity contribution in [1.82, 2.24) is 14.5 Å². The van der Waals surface area contributed by atoms with Crippen molar-refractivity contribution in [2.24, 2.45) is 4.99 Å². The first-order chi connectivity index (χ1) is 13.3. The quantitative estimate of drug-likeness (QED) is 0.783. The lowest BCUT2D eigenvalue weighted by atomic mass is 9.99. The van der Waals surface area contributed by atoms with Crippen LogP contribution in [0.2, 0.25) is 0 Å². The first-order valence-electron chi connectivity index (χ1n) is 10.0. The standard InChI is InChI=1S/C21H26N4OS/c1-2-15-14-27-21-23-19(17-8-3-4-10-22-17)20(25(15)21)18-9-5-11-24(18)13-16-7-6-12-26-16/h3-5,8-11,15-16,19-20H,2,6-7,12-14H2,1H3/t15-,16-,19-,20-/m1/s1. The molecule has 142 valence electrons. The number of fused-ring (bicyclic) bond motifs is 1. The van der Waals surface area contributed by atoms with Crippen molar-refractivity contribution in [2.75, 3.05) is 12.4 Å². The predicted molar refractivity (Wildman–Crippen MR) is 109 cm³/mol. The minimum Gasteiger partial charge on any atom is -0.376 e. The van der Waals surface area contributed by atoms with Crippen LogP contribution in [-0.4, -0.2) is 44.1 Å². The van der Waals surface area contributed by atoms with E-state index in [4.69, 9.17) is 9.73 Å². The van der Waals surface area contributed by atoms with Gasteiger partial charge in [-0.2, -0.15) is 0 Å². The van der Waals surface area contributed by atoms with Gasteiger partial charge in [-0.1, -0.05) is 24.8 Å². The number of nitrogens with zero attached hydrogens (tertiary/aromatic N) is 4. The molecule has 5 heterocycles. The van der Waals surface area contributed by atoms with E-state index in [0.29, 0.717) is 12.1 Å². The monoisotopic (exact) mass is 382 g/mol. The van der Waals surface area contributed by atoms with E-state index >= 15 is 0 Å². The third-order valence-electron chi connectivity index (χ3n) is 5.92. The first kappa shape index (κ1) is 17.3. The molecule has 0 spiro atoms. The Labute approximate surface area is 164 Å². The molecule has 6 heteroatoms. The zero-order valence-electron chi connectivity index (χ0n) is 15.7. The second-order valence-corrected chi connectivity index (χ2v) is 8.54. The highest BCUT2D eigenvalue weighted by Gasteiger charge is 2.46. The fourth-order valence-electron chi connectivity index (χ4n) is 4.54. The molecule has 4 atom stereocenters. The minimum atomic E-state index is 0.0567. The van der Waals surface area contributed by atoms with E-state index in [9.17, 15) is 0 Å². The van der Waals surface area contributed by atoms with Crippen LogP contribution in [0.1, 0.15) is 49.7 Å². The zero-order chi connectivity index (χ0) is 18.2. The van der Waals surface area contributed by atoms with Crippen LogP contribution in [0.5, 0.6) is 0 Å². The summed E-state index contributed by atoms with van der Waals surface area (Å²) in [6, 6.07) is 11.4. The number of ether oxygens (including phenoxy) is 1. The SMILES string of the molecule is CC[C@@H]1CSC2=N[C@H](c3ccccn3)[C@@H](c3cccn3C[C@H]3CCCO3)N21. The molecule has 3 aliphatic rings. The number of amidine groups is 1. The minimum absolute atomic E-state index is 0.0567. The van der Waals surface area contributed by atoms with Gasteiger partial charge in [0, 0.05) is 43.0 Å². The second-order valence-electron chi connectivity index (χ2n) is 7.56. The van der Waals surface area contributed by atoms with Crippen LogP contribution in [-0.2, 0) is 11.3 Å². The van der Waals surface area contributed by atoms with Gasteiger partial charge in [0.25, 0.3) is 0 Å². The fraction of sp³-hybridized carbons (Fsp3) is 0.524. The molecule has 2 aromatic heterocycles. The second kappa shape index (κ2) is 7.32. The maximum Gasteiger partial charge on any atom is 0.160 e. The Hall–Kier alpha value is -1.79. The molecule has 0 amide bonds. The highest BCUT2D eigenvalue weighted by Crippen LogP contribution is 2.48. The Balaban J connectivity index is 1.52. The molecular formula is C21H26N4OS. The molecule has 0 saturated carbocycles. The topological polar surface area (TPSA) is 42.6 Å². The first-order valence-corrected chi connectivity index (χ1v) is 11.0. The molecule has 5 rings (SSSR count). The lowest BCUT2D eigenvalue weighted by molar-refractivity contribution is 0.0950. The average Bonchev–Trinajstić information content (AvgIpc) is 3.47. The molecule has 0 aliphatic carbocycles. The number of hydrogen-bond acceptors (Lipinski definition) is 5. The maximum absolute atomic E-state index is 5.90. The molecule has 0 aromatic carbocycles. The van der Waals surface area contributed by atoms with Gasteiger partial charge in [-0.3, -0.25) is 9.98 Å². The Morgan fingerprint density at radius 1 is 1.26 bits per heavy atom. The molecule has 3 aliphatic heterocycles. The molecule has 2 aromatic rings. The van der Waals surface area contributed by atoms with Crippen molar-refractivity contribution in [3.8, 4) is 0 Å². The van der Waals surface area contributed by atoms with Crippen molar-refractivity contribution in [2.45, 2.75) is 57.0 Å². The molecule has 2 fully saturated rings. The van der Waals surface area contributed by atoms with Gasteiger partial charge >= 0.3 is 0 Å². The number of aliphatic imine (C=N–C) groups is 1. The summed E-state index contributed by atoms with van der Waals surface area (Å²) in [4.78, 5) is 12.3. The number of rotatable bonds is 5. The molecular weight excluding hydrogens is 356 g/mol. The molecule has 0 N–H and O–H groups in total. The van der Waals surface area contributed by atoms with Crippen LogP contribution in [0.4, 0.5) is 0 Å². The summed E-state index contributed by atoms with van der Waals surface area (Å²) in [6.07, 6.45) is 7.89. The van der Waals surface area contributed by atoms with Gasteiger partial charge in [0.15, 0.2) is 5.17 Å². The summed E-state index contributed by atoms with van der Waals surface area (Å²) in [5.41, 5.74) is 2.39. The summed E-state index contributed by atoms with van der Waals surface area (Å²) in [5.74, 6) is 1.13. The van der Waals surface area contributed by atoms with Crippen molar-refractivity contribution in [3.05, 3.63) is 54.1 Å². The van der Waals surface area contributed by atoms with Crippen LogP contribution in [0.3, 0.4) is 0 Å². The maximum atomic E-state index is 5.90. The number of hydrogen-bond donors (Lipinski definition) is 0. The van der Waals surface area contributed by atoms with E-state index in [1.807, 2.05) is 24.0 Å². The normalized spacial score (nSPS) is 30.0. The third kappa shape index (κ3) is 3.09. The fourth-order valence-corrected chi connectivity index (χ4v) is 5.88. The van der Waals surface area contributed by atoms with E-state index in [0.717, 1.165) is 37.4 Å². The van der Waals surface area contributed by atoms with Crippen LogP contribution in [0, 0.1) is 0 Å². The lowest BCUT2D eigenvalue weighted by Gasteiger charge is -2.32. The smallest absolute Gasteiger partial charge is 0.160 e. The van der Waals surface area contributed by atoms with Gasteiger partial charge in [0.2, 0.25) is 0 Å². The molecule has 5 nitrogen and oxygen atoms in total. The Morgan fingerprint density at radius 3 is 3.00 bits per heavy atom. The van der Waals surface area contributed by atoms with Gasteiger partial charge in [-0.15, -0.1) is 0 Å². The van der Waals surface area contributed by atoms with Crippen LogP contribution < -0.4 is 0 Å². The van der Waals surface area contributed by atoms with E-state index < -0.39 is 0 Å². The lowest BCUT2D eigenvalue weighted by Crippen LogP contribution is -2.36. The number of thioether (sulfide) groups is 1. The summed E-state index contributed by atoms with van der Waals surface area (Å²) >= 11 is 1.90. The van der Waals surface area contributed by atoms with Gasteiger partial charge in [-0.05, 0) is 43.5 Å². The molecule has 2 saturated heterocycles. The summed E-state index contributed by atoms with van der Waals surface area (Å²) in [5, 5.41) is 1.19. The Bertz CT molecular complexity index is 815. The number of pyridine rings is 1. The third-order valence-corrected chi connectivity index (χ3v) is 7.05. The van der Waals surface area contributed by atoms with E-state index in [1.165, 1.54) is 17.3 Å². The predicted octanol–water partition coefficient (Wildman–Crippen LogP) is 4.04. The number of aromatic nitrogens is 2. The Kier molecular flexibility index (Phi) is 4.70. The highest BCUT2D eigenvalue weighted by molar-refractivity contribution is 8.14. The molecule has 0 bridgehead atoms. The zero-order valence-corrected chi connectivity index (χ0v) is 16.5. The molecule has 0 radical (unpaired) electrons. The van der Waals surface area contributed by atoms with Gasteiger partial charge < -0.3 is 14.2 Å². The van der Waals surface area contributed by atoms with Crippen molar-refractivity contribution in [1.29, 1.82) is 0 Å². The van der Waals surface area contributed by atoms with Gasteiger partial charge in [0.05, 0.1) is 17.8 Å². The van der Waals surface area contributed by atoms with Gasteiger partial charge in [-0.25, -0.2) is 0 Å². The van der Waals surface area contributed by atoms with Gasteiger partial charge in [0.1, 0.15) is 6.04 Å². The van der Waals surface area contributed by atoms with E-state index in [-0.39, 0.29) is 12.1 Å². The Morgan fingerprint density at radius 2 is 2.22 bits per heavy atom. The van der Waals surface area contributed by atoms with Crippen molar-refractivity contribution >= 4 is 16.9 Å². The van der Waals surface area contributed by atoms with Crippen LogP contribution in [0.15, 0.2) is 47.7 Å². The van der Waals surface area contributed by atoms with E-state index in [1.54, 1.807) is 0 Å². The molecule has 27 heavy (non-hydrogen) atoms. The largest absolute Gasteiger partial charge is 0.376 e. The average molecular weight is 383 g/mol. The summed E-state index contributed by atoms with van der Waals surface area (Å²) < 4.78 is 8.30. The van der Waals surface area contributed by atoms with Crippen LogP contribution >= 0.6 is 11.8 Å². The summed E-state index contributed by atoms with van der Waals surface area (Å²) in [6.45, 7) is 4.11. The molecule has 0 unspecified atom stereocenters. The van der Waals surface area contributed by atoms with E-state index in [2.05, 4.69) is 51.8 Å². The summed E-state index contributed by atoms with van der Waals surface area (Å²) in [7, 11) is 0. The highest BCUT2D eigenvalue weighted by atomic mass is 32.2. The van der Waals surface area contributed by atoms with Crippen LogP contribution in [0.25, 0.3) is 0 Å². The van der Waals surface area contributed by atoms with Crippen molar-refractivity contribution < 1.29 is 4.74 Å².